The number of ether oxygens (including phenoxy) is 2. The normalized spacial score (nSPS) is 24.0. The summed E-state index contributed by atoms with van der Waals surface area (Å²) >= 11 is 0. The number of cyclic esters (lactones) is 1. The SMILES string of the molecule is CC(=O)c1cc(C)c(O)c(CC23Cc4c(O)c(C(C)=O)cc(C)c4OC2(O)C(CC(=O)O)OC3=O)c1O. The number of hydrogen-bond acceptors (Lipinski definition) is 10. The highest BCUT2D eigenvalue weighted by atomic mass is 16.7. The van der Waals surface area contributed by atoms with Gasteiger partial charge in [0.1, 0.15) is 28.4 Å². The molecule has 37 heavy (non-hydrogen) atoms. The van der Waals surface area contributed by atoms with Crippen molar-refractivity contribution in [2.75, 3.05) is 0 Å². The fourth-order valence-corrected chi connectivity index (χ4v) is 5.23. The maximum atomic E-state index is 13.4. The van der Waals surface area contributed by atoms with Crippen molar-refractivity contribution in [2.45, 2.75) is 58.8 Å². The van der Waals surface area contributed by atoms with E-state index in [9.17, 15) is 44.7 Å². The van der Waals surface area contributed by atoms with Crippen LogP contribution >= 0.6 is 0 Å². The minimum absolute atomic E-state index is 0.0128. The van der Waals surface area contributed by atoms with Gasteiger partial charge in [-0.1, -0.05) is 0 Å². The van der Waals surface area contributed by atoms with Gasteiger partial charge in [-0.05, 0) is 51.0 Å². The number of carboxylic acid groups (broad SMARTS) is 1. The van der Waals surface area contributed by atoms with Crippen LogP contribution in [0, 0.1) is 19.3 Å². The predicted molar refractivity (Wildman–Crippen MR) is 125 cm³/mol. The molecule has 0 bridgehead atoms. The van der Waals surface area contributed by atoms with Crippen LogP contribution in [0.5, 0.6) is 23.0 Å². The van der Waals surface area contributed by atoms with E-state index in [0.717, 1.165) is 0 Å². The summed E-state index contributed by atoms with van der Waals surface area (Å²) in [5.41, 5.74) is -2.16. The Morgan fingerprint density at radius 1 is 0.973 bits per heavy atom. The molecule has 0 aromatic heterocycles. The number of esters is 1. The third kappa shape index (κ3) is 3.69. The number of carboxylic acids is 1. The molecular weight excluding hydrogens is 488 g/mol. The number of ketones is 2. The molecule has 2 aromatic rings. The number of aliphatic hydroxyl groups is 1. The maximum Gasteiger partial charge on any atom is 0.320 e. The van der Waals surface area contributed by atoms with Crippen LogP contribution in [-0.4, -0.2) is 60.9 Å². The van der Waals surface area contributed by atoms with E-state index in [4.69, 9.17) is 9.47 Å². The van der Waals surface area contributed by atoms with E-state index in [0.29, 0.717) is 5.56 Å². The van der Waals surface area contributed by atoms with Gasteiger partial charge in [0.05, 0.1) is 17.5 Å². The summed E-state index contributed by atoms with van der Waals surface area (Å²) in [5, 5.41) is 53.8. The van der Waals surface area contributed by atoms with Crippen LogP contribution in [0.3, 0.4) is 0 Å². The standard InChI is InChI=1S/C26H26O11/c1-10-5-14(12(3)27)21(32)16(20(10)31)8-25-9-17-22(33)15(13(4)28)6-11(2)23(17)37-26(25,35)18(7-19(29)30)36-24(25)34/h5-6,18,31-33,35H,7-9H2,1-4H3,(H,29,30). The van der Waals surface area contributed by atoms with Gasteiger partial charge in [-0.3, -0.25) is 19.2 Å². The Morgan fingerprint density at radius 2 is 1.54 bits per heavy atom. The number of benzene rings is 2. The second-order valence-electron chi connectivity index (χ2n) is 9.65. The zero-order valence-electron chi connectivity index (χ0n) is 20.5. The Bertz CT molecular complexity index is 1390. The van der Waals surface area contributed by atoms with E-state index in [1.165, 1.54) is 32.9 Å². The van der Waals surface area contributed by atoms with Crippen LogP contribution in [0.4, 0.5) is 0 Å². The Balaban J connectivity index is 2.01. The highest BCUT2D eigenvalue weighted by molar-refractivity contribution is 5.99. The van der Waals surface area contributed by atoms with Crippen LogP contribution < -0.4 is 4.74 Å². The van der Waals surface area contributed by atoms with Gasteiger partial charge in [0.25, 0.3) is 5.79 Å². The molecule has 2 aliphatic rings. The van der Waals surface area contributed by atoms with Gasteiger partial charge in [-0.25, -0.2) is 0 Å². The summed E-state index contributed by atoms with van der Waals surface area (Å²) in [6.45, 7) is 5.44. The first-order valence-electron chi connectivity index (χ1n) is 11.4. The van der Waals surface area contributed by atoms with E-state index in [2.05, 4.69) is 0 Å². The van der Waals surface area contributed by atoms with Crippen LogP contribution in [0.1, 0.15) is 63.2 Å². The largest absolute Gasteiger partial charge is 0.507 e. The molecule has 0 aliphatic carbocycles. The van der Waals surface area contributed by atoms with Gasteiger partial charge >= 0.3 is 11.9 Å². The molecule has 3 unspecified atom stereocenters. The number of phenols is 3. The number of fused-ring (bicyclic) bond motifs is 2. The van der Waals surface area contributed by atoms with Gasteiger partial charge in [-0.15, -0.1) is 0 Å². The number of carbonyl (C=O) groups is 4. The lowest BCUT2D eigenvalue weighted by Gasteiger charge is -2.45. The molecule has 2 heterocycles. The lowest BCUT2D eigenvalue weighted by molar-refractivity contribution is -0.233. The molecule has 11 nitrogen and oxygen atoms in total. The molecule has 2 aliphatic heterocycles. The molecule has 0 saturated carbocycles. The highest BCUT2D eigenvalue weighted by Crippen LogP contribution is 2.58. The van der Waals surface area contributed by atoms with Crippen molar-refractivity contribution in [1.29, 1.82) is 0 Å². The summed E-state index contributed by atoms with van der Waals surface area (Å²) < 4.78 is 11.2. The third-order valence-electron chi connectivity index (χ3n) is 7.19. The molecule has 5 N–H and O–H groups in total. The number of Topliss-reactive ketones (excluding diaryl/α,β-unsaturated/α-hetero) is 2. The molecule has 4 rings (SSSR count). The predicted octanol–water partition coefficient (Wildman–Crippen LogP) is 2.08. The number of phenolic OH excluding ortho intramolecular Hbond substituents is 3. The van der Waals surface area contributed by atoms with E-state index in [-0.39, 0.29) is 33.6 Å². The Labute approximate surface area is 210 Å². The van der Waals surface area contributed by atoms with Crippen LogP contribution in [0.2, 0.25) is 0 Å². The third-order valence-corrected chi connectivity index (χ3v) is 7.19. The van der Waals surface area contributed by atoms with Crippen molar-refractivity contribution in [3.8, 4) is 23.0 Å². The number of carbonyl (C=O) groups excluding carboxylic acids is 3. The van der Waals surface area contributed by atoms with Crippen LogP contribution in [-0.2, 0) is 27.2 Å². The maximum absolute atomic E-state index is 13.4. The zero-order valence-corrected chi connectivity index (χ0v) is 20.5. The lowest BCUT2D eigenvalue weighted by atomic mass is 9.67. The fourth-order valence-electron chi connectivity index (χ4n) is 5.23. The minimum Gasteiger partial charge on any atom is -0.507 e. The molecule has 1 fully saturated rings. The number of aromatic hydroxyl groups is 3. The van der Waals surface area contributed by atoms with Gasteiger partial charge in [-0.2, -0.15) is 0 Å². The average molecular weight is 514 g/mol. The summed E-state index contributed by atoms with van der Waals surface area (Å²) in [5.74, 6) is -7.79. The van der Waals surface area contributed by atoms with Crippen LogP contribution in [0.15, 0.2) is 12.1 Å². The van der Waals surface area contributed by atoms with Gasteiger partial charge < -0.3 is 35.0 Å². The first-order valence-corrected chi connectivity index (χ1v) is 11.4. The highest BCUT2D eigenvalue weighted by Gasteiger charge is 2.72. The molecule has 2 aromatic carbocycles. The molecule has 0 amide bonds. The number of aliphatic carboxylic acids is 1. The molecular formula is C26H26O11. The van der Waals surface area contributed by atoms with Crippen molar-refractivity contribution < 1.29 is 54.2 Å². The Hall–Kier alpha value is -4.12. The second-order valence-corrected chi connectivity index (χ2v) is 9.65. The molecule has 0 radical (unpaired) electrons. The zero-order chi connectivity index (χ0) is 27.6. The molecule has 0 spiro atoms. The summed E-state index contributed by atoms with van der Waals surface area (Å²) in [6, 6.07) is 2.61. The van der Waals surface area contributed by atoms with Crippen molar-refractivity contribution in [2.24, 2.45) is 5.41 Å². The Morgan fingerprint density at radius 3 is 2.11 bits per heavy atom. The van der Waals surface area contributed by atoms with Crippen molar-refractivity contribution in [3.05, 3.63) is 45.5 Å². The quantitative estimate of drug-likeness (QED) is 0.280. The van der Waals surface area contributed by atoms with Crippen LogP contribution in [0.25, 0.3) is 0 Å². The summed E-state index contributed by atoms with van der Waals surface area (Å²) in [6.07, 6.45) is -3.68. The molecule has 11 heteroatoms. The molecule has 1 saturated heterocycles. The second kappa shape index (κ2) is 8.48. The van der Waals surface area contributed by atoms with E-state index in [1.54, 1.807) is 6.92 Å². The summed E-state index contributed by atoms with van der Waals surface area (Å²) in [4.78, 5) is 49.2. The lowest BCUT2D eigenvalue weighted by Crippen LogP contribution is -2.61. The Kier molecular flexibility index (Phi) is 5.95. The number of aryl methyl sites for hydroxylation is 2. The monoisotopic (exact) mass is 514 g/mol. The smallest absolute Gasteiger partial charge is 0.320 e. The van der Waals surface area contributed by atoms with E-state index < -0.39 is 77.3 Å². The molecule has 196 valence electrons. The number of rotatable bonds is 6. The molecule has 3 atom stereocenters. The van der Waals surface area contributed by atoms with Gasteiger partial charge in [0.2, 0.25) is 0 Å². The average Bonchev–Trinajstić information content (AvgIpc) is 3.00. The van der Waals surface area contributed by atoms with Crippen molar-refractivity contribution >= 4 is 23.5 Å². The van der Waals surface area contributed by atoms with Crippen molar-refractivity contribution in [1.82, 2.24) is 0 Å². The van der Waals surface area contributed by atoms with Crippen molar-refractivity contribution in [3.63, 3.8) is 0 Å². The first-order chi connectivity index (χ1) is 17.1. The van der Waals surface area contributed by atoms with Gasteiger partial charge in [0.15, 0.2) is 17.7 Å². The van der Waals surface area contributed by atoms with E-state index in [1.807, 2.05) is 0 Å². The fraction of sp³-hybridized carbons (Fsp3) is 0.385. The summed E-state index contributed by atoms with van der Waals surface area (Å²) in [7, 11) is 0. The van der Waals surface area contributed by atoms with Gasteiger partial charge in [0, 0.05) is 24.0 Å². The van der Waals surface area contributed by atoms with E-state index >= 15 is 0 Å². The first kappa shape index (κ1) is 26.0. The minimum atomic E-state index is -2.62. The number of hydrogen-bond donors (Lipinski definition) is 5. The topological polar surface area (TPSA) is 188 Å².